The molecule has 0 aromatic heterocycles. The lowest BCUT2D eigenvalue weighted by Crippen LogP contribution is -2.28. The number of anilines is 1. The van der Waals surface area contributed by atoms with Gasteiger partial charge in [0.25, 0.3) is 11.6 Å². The highest BCUT2D eigenvalue weighted by Gasteiger charge is 2.13. The molecule has 0 fully saturated rings. The van der Waals surface area contributed by atoms with Crippen molar-refractivity contribution in [1.82, 2.24) is 0 Å². The van der Waals surface area contributed by atoms with Crippen LogP contribution in [0.4, 0.5) is 11.4 Å². The summed E-state index contributed by atoms with van der Waals surface area (Å²) in [4.78, 5) is 25.0. The first-order valence-electron chi connectivity index (χ1n) is 8.46. The zero-order valence-corrected chi connectivity index (χ0v) is 14.6. The molecule has 0 aliphatic carbocycles. The molecule has 3 aromatic rings. The van der Waals surface area contributed by atoms with Gasteiger partial charge in [0.05, 0.1) is 11.5 Å². The van der Waals surface area contributed by atoms with Crippen molar-refractivity contribution in [3.8, 4) is 0 Å². The van der Waals surface area contributed by atoms with Crippen molar-refractivity contribution in [2.45, 2.75) is 6.54 Å². The van der Waals surface area contributed by atoms with Gasteiger partial charge in [-0.1, -0.05) is 60.7 Å². The number of non-ortho nitro benzene ring substituents is 1. The standard InChI is InChI=1S/C22H18N2O3/c25-22(15-14-18-10-7-13-21(16-18)24(26)27)23(20-11-5-2-6-12-20)17-19-8-3-1-4-9-19/h1-16H,17H2. The van der Waals surface area contributed by atoms with Crippen molar-refractivity contribution < 1.29 is 9.72 Å². The molecule has 0 saturated heterocycles. The Morgan fingerprint density at radius 1 is 0.926 bits per heavy atom. The average Bonchev–Trinajstić information content (AvgIpc) is 2.72. The maximum atomic E-state index is 12.8. The lowest BCUT2D eigenvalue weighted by Gasteiger charge is -2.21. The minimum absolute atomic E-state index is 0.00574. The molecule has 0 aliphatic heterocycles. The fourth-order valence-electron chi connectivity index (χ4n) is 2.67. The van der Waals surface area contributed by atoms with Crippen molar-refractivity contribution in [2.24, 2.45) is 0 Å². The van der Waals surface area contributed by atoms with Gasteiger partial charge in [-0.15, -0.1) is 0 Å². The van der Waals surface area contributed by atoms with Gasteiger partial charge in [-0.3, -0.25) is 14.9 Å². The summed E-state index contributed by atoms with van der Waals surface area (Å²) >= 11 is 0. The van der Waals surface area contributed by atoms with Crippen LogP contribution in [0.2, 0.25) is 0 Å². The summed E-state index contributed by atoms with van der Waals surface area (Å²) in [6.07, 6.45) is 3.03. The van der Waals surface area contributed by atoms with Crippen LogP contribution in [0.15, 0.2) is 91.0 Å². The Hall–Kier alpha value is -3.73. The predicted octanol–water partition coefficient (Wildman–Crippen LogP) is 4.84. The average molecular weight is 358 g/mol. The first-order valence-corrected chi connectivity index (χ1v) is 8.46. The molecule has 1 amide bonds. The predicted molar refractivity (Wildman–Crippen MR) is 106 cm³/mol. The molecule has 0 saturated carbocycles. The maximum Gasteiger partial charge on any atom is 0.270 e. The molecule has 134 valence electrons. The third-order valence-electron chi connectivity index (χ3n) is 4.02. The van der Waals surface area contributed by atoms with E-state index in [0.717, 1.165) is 11.3 Å². The summed E-state index contributed by atoms with van der Waals surface area (Å²) in [5, 5.41) is 10.9. The first kappa shape index (κ1) is 18.1. The molecule has 0 unspecified atom stereocenters. The van der Waals surface area contributed by atoms with E-state index in [0.29, 0.717) is 12.1 Å². The molecule has 0 N–H and O–H groups in total. The lowest BCUT2D eigenvalue weighted by molar-refractivity contribution is -0.384. The number of benzene rings is 3. The monoisotopic (exact) mass is 358 g/mol. The van der Waals surface area contributed by atoms with E-state index in [-0.39, 0.29) is 11.6 Å². The fraction of sp³-hybridized carbons (Fsp3) is 0.0455. The van der Waals surface area contributed by atoms with Crippen molar-refractivity contribution in [2.75, 3.05) is 4.90 Å². The zero-order chi connectivity index (χ0) is 19.1. The summed E-state index contributed by atoms with van der Waals surface area (Å²) in [7, 11) is 0. The summed E-state index contributed by atoms with van der Waals surface area (Å²) in [5.74, 6) is -0.198. The summed E-state index contributed by atoms with van der Waals surface area (Å²) in [6, 6.07) is 25.3. The van der Waals surface area contributed by atoms with E-state index in [1.165, 1.54) is 18.2 Å². The molecule has 0 spiro atoms. The Morgan fingerprint density at radius 2 is 1.59 bits per heavy atom. The van der Waals surface area contributed by atoms with Gasteiger partial charge >= 0.3 is 0 Å². The SMILES string of the molecule is O=C(C=Cc1cccc([N+](=O)[O-])c1)N(Cc1ccccc1)c1ccccc1. The van der Waals surface area contributed by atoms with Crippen LogP contribution < -0.4 is 4.90 Å². The Kier molecular flexibility index (Phi) is 5.74. The van der Waals surface area contributed by atoms with Gasteiger partial charge in [0.15, 0.2) is 0 Å². The Labute approximate surface area is 157 Å². The van der Waals surface area contributed by atoms with Crippen LogP contribution in [0.3, 0.4) is 0 Å². The lowest BCUT2D eigenvalue weighted by atomic mass is 10.1. The largest absolute Gasteiger partial charge is 0.304 e. The normalized spacial score (nSPS) is 10.7. The van der Waals surface area contributed by atoms with E-state index in [1.807, 2.05) is 60.7 Å². The molecule has 0 aliphatic rings. The van der Waals surface area contributed by atoms with E-state index in [1.54, 1.807) is 23.1 Å². The number of nitro benzene ring substituents is 1. The number of para-hydroxylation sites is 1. The van der Waals surface area contributed by atoms with Gasteiger partial charge in [0.2, 0.25) is 0 Å². The third-order valence-corrected chi connectivity index (χ3v) is 4.02. The maximum absolute atomic E-state index is 12.8. The number of hydrogen-bond donors (Lipinski definition) is 0. The van der Waals surface area contributed by atoms with Crippen LogP contribution >= 0.6 is 0 Å². The molecular weight excluding hydrogens is 340 g/mol. The Balaban J connectivity index is 1.84. The van der Waals surface area contributed by atoms with Crippen molar-refractivity contribution >= 4 is 23.4 Å². The minimum Gasteiger partial charge on any atom is -0.304 e. The first-order chi connectivity index (χ1) is 13.1. The Morgan fingerprint density at radius 3 is 2.26 bits per heavy atom. The number of carbonyl (C=O) groups excluding carboxylic acids is 1. The van der Waals surface area contributed by atoms with Gasteiger partial charge in [-0.2, -0.15) is 0 Å². The van der Waals surface area contributed by atoms with Crippen LogP contribution in [0.25, 0.3) is 6.08 Å². The van der Waals surface area contributed by atoms with Gasteiger partial charge in [0.1, 0.15) is 0 Å². The number of nitrogens with zero attached hydrogens (tertiary/aromatic N) is 2. The molecule has 3 aromatic carbocycles. The molecule has 0 radical (unpaired) electrons. The van der Waals surface area contributed by atoms with Crippen LogP contribution in [-0.4, -0.2) is 10.8 Å². The number of rotatable bonds is 6. The van der Waals surface area contributed by atoms with Gasteiger partial charge < -0.3 is 4.90 Å². The molecule has 3 rings (SSSR count). The summed E-state index contributed by atoms with van der Waals surface area (Å²) < 4.78 is 0. The second-order valence-electron chi connectivity index (χ2n) is 5.93. The zero-order valence-electron chi connectivity index (χ0n) is 14.6. The Bertz CT molecular complexity index is 954. The molecule has 0 heterocycles. The number of nitro groups is 1. The van der Waals surface area contributed by atoms with Crippen LogP contribution in [0.1, 0.15) is 11.1 Å². The molecule has 27 heavy (non-hydrogen) atoms. The summed E-state index contributed by atoms with van der Waals surface area (Å²) in [6.45, 7) is 0.433. The molecule has 0 bridgehead atoms. The van der Waals surface area contributed by atoms with Crippen molar-refractivity contribution in [3.05, 3.63) is 112 Å². The van der Waals surface area contributed by atoms with Crippen LogP contribution in [0.5, 0.6) is 0 Å². The number of amides is 1. The fourth-order valence-corrected chi connectivity index (χ4v) is 2.67. The van der Waals surface area contributed by atoms with E-state index >= 15 is 0 Å². The molecule has 0 atom stereocenters. The number of hydrogen-bond acceptors (Lipinski definition) is 3. The van der Waals surface area contributed by atoms with Crippen molar-refractivity contribution in [1.29, 1.82) is 0 Å². The highest BCUT2D eigenvalue weighted by atomic mass is 16.6. The highest BCUT2D eigenvalue weighted by Crippen LogP contribution is 2.19. The van der Waals surface area contributed by atoms with Crippen LogP contribution in [0, 0.1) is 10.1 Å². The van der Waals surface area contributed by atoms with E-state index in [2.05, 4.69) is 0 Å². The summed E-state index contributed by atoms with van der Waals surface area (Å²) in [5.41, 5.74) is 2.40. The van der Waals surface area contributed by atoms with E-state index in [9.17, 15) is 14.9 Å². The van der Waals surface area contributed by atoms with E-state index in [4.69, 9.17) is 0 Å². The quantitative estimate of drug-likeness (QED) is 0.360. The molecular formula is C22H18N2O3. The smallest absolute Gasteiger partial charge is 0.270 e. The topological polar surface area (TPSA) is 63.4 Å². The molecule has 5 nitrogen and oxygen atoms in total. The number of carbonyl (C=O) groups is 1. The second-order valence-corrected chi connectivity index (χ2v) is 5.93. The third kappa shape index (κ3) is 4.89. The van der Waals surface area contributed by atoms with Gasteiger partial charge in [0, 0.05) is 23.9 Å². The van der Waals surface area contributed by atoms with E-state index < -0.39 is 4.92 Å². The highest BCUT2D eigenvalue weighted by molar-refractivity contribution is 6.03. The van der Waals surface area contributed by atoms with Crippen molar-refractivity contribution in [3.63, 3.8) is 0 Å². The van der Waals surface area contributed by atoms with Crippen LogP contribution in [-0.2, 0) is 11.3 Å². The van der Waals surface area contributed by atoms with Gasteiger partial charge in [-0.05, 0) is 29.3 Å². The molecule has 5 heteroatoms. The minimum atomic E-state index is -0.454. The second kappa shape index (κ2) is 8.58. The van der Waals surface area contributed by atoms with Gasteiger partial charge in [-0.25, -0.2) is 0 Å².